The minimum atomic E-state index is -0.564. The molecule has 0 bridgehead atoms. The first-order chi connectivity index (χ1) is 20.4. The van der Waals surface area contributed by atoms with Gasteiger partial charge in [-0.25, -0.2) is 14.6 Å². The maximum absolute atomic E-state index is 13.0. The van der Waals surface area contributed by atoms with Gasteiger partial charge in [-0.15, -0.1) is 10.2 Å². The molecule has 0 aliphatic heterocycles. The Kier molecular flexibility index (Phi) is 8.89. The normalized spacial score (nSPS) is 11.4. The molecule has 5 rings (SSSR count). The third-order valence-electron chi connectivity index (χ3n) is 6.47. The highest BCUT2D eigenvalue weighted by Crippen LogP contribution is 2.35. The van der Waals surface area contributed by atoms with Gasteiger partial charge in [-0.2, -0.15) is 0 Å². The van der Waals surface area contributed by atoms with Gasteiger partial charge in [0.2, 0.25) is 5.16 Å². The molecule has 0 aliphatic carbocycles. The van der Waals surface area contributed by atoms with Gasteiger partial charge in [0.1, 0.15) is 5.69 Å². The van der Waals surface area contributed by atoms with Crippen molar-refractivity contribution in [1.82, 2.24) is 15.2 Å². The maximum atomic E-state index is 13.0. The van der Waals surface area contributed by atoms with Crippen LogP contribution < -0.4 is 14.8 Å². The average molecular weight is 577 g/mol. The number of ether oxygens (including phenoxy) is 2. The zero-order valence-corrected chi connectivity index (χ0v) is 24.1. The molecule has 0 spiro atoms. The molecule has 1 aromatic heterocycles. The van der Waals surface area contributed by atoms with Gasteiger partial charge in [0, 0.05) is 17.3 Å². The quantitative estimate of drug-likeness (QED) is 0.111. The van der Waals surface area contributed by atoms with E-state index in [-0.39, 0.29) is 17.5 Å². The smallest absolute Gasteiger partial charge is 0.343 e. The molecule has 0 aliphatic rings. The van der Waals surface area contributed by atoms with Crippen LogP contribution in [0.1, 0.15) is 44.9 Å². The number of nitrogens with one attached hydrogen (secondary N) is 1. The van der Waals surface area contributed by atoms with Crippen molar-refractivity contribution >= 4 is 29.4 Å². The molecular formula is C33H28N4O4S. The summed E-state index contributed by atoms with van der Waals surface area (Å²) in [6.07, 6.45) is 1.91. The Bertz CT molecular complexity index is 1710. The molecule has 1 unspecified atom stereocenters. The fraction of sp³-hybridized carbons (Fsp3) is 0.121. The predicted octanol–water partition coefficient (Wildman–Crippen LogP) is 7.18. The molecule has 42 heavy (non-hydrogen) atoms. The van der Waals surface area contributed by atoms with E-state index in [1.54, 1.807) is 60.7 Å². The van der Waals surface area contributed by atoms with Gasteiger partial charge in [0.15, 0.2) is 11.5 Å². The number of hydrogen-bond acceptors (Lipinski definition) is 9. The van der Waals surface area contributed by atoms with Crippen LogP contribution in [0.15, 0.2) is 108 Å². The molecule has 0 radical (unpaired) electrons. The van der Waals surface area contributed by atoms with Crippen LogP contribution in [-0.4, -0.2) is 33.4 Å². The summed E-state index contributed by atoms with van der Waals surface area (Å²) in [6.45, 7) is 3.89. The largest absolute Gasteiger partial charge is 0.419 e. The molecule has 5 aromatic rings. The summed E-state index contributed by atoms with van der Waals surface area (Å²) in [6, 6.07) is 30.0. The number of carbonyl (C=O) groups is 2. The lowest BCUT2D eigenvalue weighted by Crippen LogP contribution is -2.14. The third kappa shape index (κ3) is 6.64. The van der Waals surface area contributed by atoms with E-state index in [0.717, 1.165) is 22.5 Å². The van der Waals surface area contributed by atoms with Crippen LogP contribution in [-0.2, 0) is 0 Å². The summed E-state index contributed by atoms with van der Waals surface area (Å²) in [5.74, 6) is -0.856. The van der Waals surface area contributed by atoms with E-state index < -0.39 is 11.9 Å². The van der Waals surface area contributed by atoms with Crippen LogP contribution in [0.5, 0.6) is 11.5 Å². The van der Waals surface area contributed by atoms with Crippen molar-refractivity contribution in [3.05, 3.63) is 126 Å². The van der Waals surface area contributed by atoms with Crippen molar-refractivity contribution in [2.24, 2.45) is 0 Å². The van der Waals surface area contributed by atoms with Gasteiger partial charge in [-0.1, -0.05) is 72.4 Å². The van der Waals surface area contributed by atoms with Crippen molar-refractivity contribution in [3.63, 3.8) is 0 Å². The SMILES string of the molecule is CSc1nnc(-c2ccccc2NC(C)c2ccc(OC(=O)c3ccccc3)c(OC(=O)c3ccccc3)c2)c(C)n1. The zero-order chi connectivity index (χ0) is 29.5. The summed E-state index contributed by atoms with van der Waals surface area (Å²) < 4.78 is 11.4. The minimum Gasteiger partial charge on any atom is -0.419 e. The second kappa shape index (κ2) is 13.1. The lowest BCUT2D eigenvalue weighted by Gasteiger charge is -2.20. The second-order valence-corrected chi connectivity index (χ2v) is 10.1. The molecule has 0 saturated carbocycles. The second-order valence-electron chi connectivity index (χ2n) is 9.36. The summed E-state index contributed by atoms with van der Waals surface area (Å²) in [5, 5.41) is 12.8. The molecule has 0 fully saturated rings. The topological polar surface area (TPSA) is 103 Å². The van der Waals surface area contributed by atoms with Crippen LogP contribution in [0.2, 0.25) is 0 Å². The van der Waals surface area contributed by atoms with Crippen LogP contribution in [0.4, 0.5) is 5.69 Å². The summed E-state index contributed by atoms with van der Waals surface area (Å²) in [5.41, 5.74) is 4.72. The maximum Gasteiger partial charge on any atom is 0.343 e. The highest BCUT2D eigenvalue weighted by molar-refractivity contribution is 7.98. The van der Waals surface area contributed by atoms with Gasteiger partial charge < -0.3 is 14.8 Å². The number of nitrogens with zero attached hydrogens (tertiary/aromatic N) is 3. The first-order valence-corrected chi connectivity index (χ1v) is 14.4. The molecule has 1 heterocycles. The lowest BCUT2D eigenvalue weighted by atomic mass is 10.0. The number of thioether (sulfide) groups is 1. The van der Waals surface area contributed by atoms with Crippen molar-refractivity contribution in [1.29, 1.82) is 0 Å². The van der Waals surface area contributed by atoms with E-state index in [0.29, 0.717) is 22.0 Å². The molecule has 4 aromatic carbocycles. The number of rotatable bonds is 9. The Hall–Kier alpha value is -5.02. The van der Waals surface area contributed by atoms with Crippen LogP contribution in [0, 0.1) is 6.92 Å². The number of esters is 2. The number of para-hydroxylation sites is 1. The van der Waals surface area contributed by atoms with Crippen LogP contribution in [0.25, 0.3) is 11.3 Å². The van der Waals surface area contributed by atoms with Gasteiger partial charge >= 0.3 is 11.9 Å². The number of hydrogen-bond donors (Lipinski definition) is 1. The molecule has 210 valence electrons. The first-order valence-electron chi connectivity index (χ1n) is 13.2. The lowest BCUT2D eigenvalue weighted by molar-refractivity contribution is 0.0682. The molecular weight excluding hydrogens is 548 g/mol. The van der Waals surface area contributed by atoms with Crippen LogP contribution >= 0.6 is 11.8 Å². The number of aromatic nitrogens is 3. The van der Waals surface area contributed by atoms with Crippen LogP contribution in [0.3, 0.4) is 0 Å². The van der Waals surface area contributed by atoms with E-state index >= 15 is 0 Å². The Morgan fingerprint density at radius 3 is 1.98 bits per heavy atom. The summed E-state index contributed by atoms with van der Waals surface area (Å²) in [7, 11) is 0. The Morgan fingerprint density at radius 2 is 1.36 bits per heavy atom. The fourth-order valence-corrected chi connectivity index (χ4v) is 4.63. The Morgan fingerprint density at radius 1 is 0.762 bits per heavy atom. The number of anilines is 1. The average Bonchev–Trinajstić information content (AvgIpc) is 3.03. The summed E-state index contributed by atoms with van der Waals surface area (Å²) >= 11 is 1.44. The molecule has 0 amide bonds. The molecule has 0 saturated heterocycles. The Labute approximate surface area is 248 Å². The third-order valence-corrected chi connectivity index (χ3v) is 7.01. The summed E-state index contributed by atoms with van der Waals surface area (Å²) in [4.78, 5) is 30.3. The number of aryl methyl sites for hydroxylation is 1. The van der Waals surface area contributed by atoms with E-state index in [1.165, 1.54) is 11.8 Å². The number of benzene rings is 4. The number of carbonyl (C=O) groups excluding carboxylic acids is 2. The van der Waals surface area contributed by atoms with Crippen molar-refractivity contribution in [3.8, 4) is 22.8 Å². The highest BCUT2D eigenvalue weighted by atomic mass is 32.2. The Balaban J connectivity index is 1.44. The fourth-order valence-electron chi connectivity index (χ4n) is 4.28. The van der Waals surface area contributed by atoms with Gasteiger partial charge in [-0.05, 0) is 68.1 Å². The van der Waals surface area contributed by atoms with Gasteiger partial charge in [0.05, 0.1) is 16.8 Å². The monoisotopic (exact) mass is 576 g/mol. The molecule has 9 heteroatoms. The molecule has 8 nitrogen and oxygen atoms in total. The minimum absolute atomic E-state index is 0.131. The predicted molar refractivity (Wildman–Crippen MR) is 163 cm³/mol. The van der Waals surface area contributed by atoms with Gasteiger partial charge in [0.25, 0.3) is 0 Å². The van der Waals surface area contributed by atoms with Gasteiger partial charge in [-0.3, -0.25) is 0 Å². The standard InChI is InChI=1S/C33H28N4O4S/c1-21(34-27-17-11-10-16-26(27)30-22(2)35-33(42-3)37-36-30)25-18-19-28(40-31(38)23-12-6-4-7-13-23)29(20-25)41-32(39)24-14-8-5-9-15-24/h4-21,34H,1-3H3. The van der Waals surface area contributed by atoms with E-state index in [1.807, 2.05) is 62.6 Å². The van der Waals surface area contributed by atoms with E-state index in [9.17, 15) is 9.59 Å². The van der Waals surface area contributed by atoms with Crippen molar-refractivity contribution in [2.75, 3.05) is 11.6 Å². The van der Waals surface area contributed by atoms with E-state index in [4.69, 9.17) is 9.47 Å². The van der Waals surface area contributed by atoms with E-state index in [2.05, 4.69) is 20.5 Å². The highest BCUT2D eigenvalue weighted by Gasteiger charge is 2.20. The zero-order valence-electron chi connectivity index (χ0n) is 23.3. The van der Waals surface area contributed by atoms with Crippen molar-refractivity contribution in [2.45, 2.75) is 25.0 Å². The molecule has 1 atom stereocenters. The molecule has 1 N–H and O–H groups in total. The first kappa shape index (κ1) is 28.5. The van der Waals surface area contributed by atoms with Crippen molar-refractivity contribution < 1.29 is 19.1 Å².